The fraction of sp³-hybridized carbons (Fsp3) is 0.261. The molecule has 0 fully saturated rings. The van der Waals surface area contributed by atoms with Crippen molar-refractivity contribution in [2.24, 2.45) is 0 Å². The SMILES string of the molecule is COc1ccc([C@@H]2COc3cc(Cn4cnc5cc(C(F)F)cnc54)cc(OC)c3O2)cn1. The van der Waals surface area contributed by atoms with Gasteiger partial charge in [-0.3, -0.25) is 0 Å². The molecule has 0 saturated carbocycles. The summed E-state index contributed by atoms with van der Waals surface area (Å²) in [4.78, 5) is 12.6. The maximum atomic E-state index is 12.9. The number of benzene rings is 1. The van der Waals surface area contributed by atoms with Gasteiger partial charge in [0.2, 0.25) is 11.6 Å². The Kier molecular flexibility index (Phi) is 5.41. The van der Waals surface area contributed by atoms with Crippen LogP contribution >= 0.6 is 0 Å². The first kappa shape index (κ1) is 20.9. The molecule has 170 valence electrons. The summed E-state index contributed by atoms with van der Waals surface area (Å²) in [5.41, 5.74) is 2.48. The summed E-state index contributed by atoms with van der Waals surface area (Å²) >= 11 is 0. The first-order chi connectivity index (χ1) is 16.1. The minimum atomic E-state index is -2.59. The van der Waals surface area contributed by atoms with Crippen molar-refractivity contribution in [2.45, 2.75) is 19.1 Å². The van der Waals surface area contributed by atoms with Gasteiger partial charge in [-0.15, -0.1) is 0 Å². The summed E-state index contributed by atoms with van der Waals surface area (Å²) in [6.07, 6.45) is 1.50. The van der Waals surface area contributed by atoms with Crippen molar-refractivity contribution >= 4 is 11.2 Å². The Morgan fingerprint density at radius 3 is 2.70 bits per heavy atom. The lowest BCUT2D eigenvalue weighted by Crippen LogP contribution is -2.22. The zero-order valence-electron chi connectivity index (χ0n) is 17.9. The molecule has 0 amide bonds. The van der Waals surface area contributed by atoms with E-state index < -0.39 is 6.43 Å². The number of halogens is 2. The second-order valence-electron chi connectivity index (χ2n) is 7.46. The second-order valence-corrected chi connectivity index (χ2v) is 7.46. The van der Waals surface area contributed by atoms with E-state index in [4.69, 9.17) is 18.9 Å². The molecular weight excluding hydrogens is 434 g/mol. The molecule has 4 aromatic rings. The van der Waals surface area contributed by atoms with Gasteiger partial charge in [-0.25, -0.2) is 23.7 Å². The van der Waals surface area contributed by atoms with Gasteiger partial charge >= 0.3 is 0 Å². The molecule has 0 N–H and O–H groups in total. The van der Waals surface area contributed by atoms with E-state index in [9.17, 15) is 8.78 Å². The van der Waals surface area contributed by atoms with Crippen molar-refractivity contribution in [1.29, 1.82) is 0 Å². The van der Waals surface area contributed by atoms with Gasteiger partial charge in [0.05, 0.1) is 27.1 Å². The van der Waals surface area contributed by atoms with E-state index in [0.717, 1.165) is 11.1 Å². The van der Waals surface area contributed by atoms with Crippen molar-refractivity contribution in [1.82, 2.24) is 19.5 Å². The van der Waals surface area contributed by atoms with Crippen LogP contribution in [0.15, 0.2) is 49.1 Å². The van der Waals surface area contributed by atoms with Crippen LogP contribution in [0.3, 0.4) is 0 Å². The molecule has 3 aromatic heterocycles. The number of methoxy groups -OCH3 is 2. The summed E-state index contributed by atoms with van der Waals surface area (Å²) < 4.78 is 50.5. The Labute approximate surface area is 187 Å². The van der Waals surface area contributed by atoms with Crippen LogP contribution in [-0.2, 0) is 6.54 Å². The van der Waals surface area contributed by atoms with E-state index in [1.165, 1.54) is 12.3 Å². The van der Waals surface area contributed by atoms with Gasteiger partial charge in [0.15, 0.2) is 23.3 Å². The zero-order valence-corrected chi connectivity index (χ0v) is 17.9. The summed E-state index contributed by atoms with van der Waals surface area (Å²) in [6, 6.07) is 8.70. The molecule has 0 saturated heterocycles. The zero-order chi connectivity index (χ0) is 22.9. The lowest BCUT2D eigenvalue weighted by atomic mass is 10.1. The third-order valence-corrected chi connectivity index (χ3v) is 5.37. The van der Waals surface area contributed by atoms with Crippen LogP contribution in [0.4, 0.5) is 8.78 Å². The topological polar surface area (TPSA) is 80.5 Å². The molecule has 33 heavy (non-hydrogen) atoms. The van der Waals surface area contributed by atoms with Crippen molar-refractivity contribution in [3.63, 3.8) is 0 Å². The van der Waals surface area contributed by atoms with Crippen molar-refractivity contribution in [3.05, 3.63) is 65.7 Å². The van der Waals surface area contributed by atoms with Gasteiger partial charge in [-0.2, -0.15) is 0 Å². The lowest BCUT2D eigenvalue weighted by Gasteiger charge is -2.28. The van der Waals surface area contributed by atoms with E-state index in [-0.39, 0.29) is 11.7 Å². The highest BCUT2D eigenvalue weighted by Gasteiger charge is 2.27. The number of nitrogens with zero attached hydrogens (tertiary/aromatic N) is 4. The van der Waals surface area contributed by atoms with Gasteiger partial charge in [0.1, 0.15) is 12.1 Å². The molecule has 0 unspecified atom stereocenters. The number of hydrogen-bond acceptors (Lipinski definition) is 7. The molecule has 5 rings (SSSR count). The highest BCUT2D eigenvalue weighted by molar-refractivity contribution is 5.71. The number of aromatic nitrogens is 4. The summed E-state index contributed by atoms with van der Waals surface area (Å²) in [5, 5.41) is 0. The molecule has 0 spiro atoms. The Bertz CT molecular complexity index is 1280. The molecule has 1 aliphatic heterocycles. The van der Waals surface area contributed by atoms with Crippen LogP contribution in [-0.4, -0.2) is 40.3 Å². The molecule has 0 aliphatic carbocycles. The molecule has 0 bridgehead atoms. The number of fused-ring (bicyclic) bond motifs is 2. The molecule has 1 aromatic carbocycles. The third-order valence-electron chi connectivity index (χ3n) is 5.37. The number of ether oxygens (including phenoxy) is 4. The molecule has 10 heteroatoms. The Morgan fingerprint density at radius 1 is 1.09 bits per heavy atom. The summed E-state index contributed by atoms with van der Waals surface area (Å²) in [6.45, 7) is 0.704. The highest BCUT2D eigenvalue weighted by Crippen LogP contribution is 2.44. The molecule has 0 radical (unpaired) electrons. The largest absolute Gasteiger partial charge is 0.493 e. The maximum Gasteiger partial charge on any atom is 0.265 e. The van der Waals surface area contributed by atoms with E-state index >= 15 is 0 Å². The predicted octanol–water partition coefficient (Wildman–Crippen LogP) is 4.34. The lowest BCUT2D eigenvalue weighted by molar-refractivity contribution is 0.0867. The molecule has 8 nitrogen and oxygen atoms in total. The first-order valence-electron chi connectivity index (χ1n) is 10.1. The number of rotatable bonds is 6. The number of hydrogen-bond donors (Lipinski definition) is 0. The number of alkyl halides is 2. The van der Waals surface area contributed by atoms with Crippen LogP contribution in [0, 0.1) is 0 Å². The minimum Gasteiger partial charge on any atom is -0.493 e. The first-order valence-corrected chi connectivity index (χ1v) is 10.1. The summed E-state index contributed by atoms with van der Waals surface area (Å²) in [5.74, 6) is 2.10. The minimum absolute atomic E-state index is 0.157. The average molecular weight is 454 g/mol. The second kappa shape index (κ2) is 8.53. The van der Waals surface area contributed by atoms with Crippen LogP contribution in [0.1, 0.15) is 29.2 Å². The number of imidazole rings is 1. The Hall–Kier alpha value is -3.95. The monoisotopic (exact) mass is 454 g/mol. The van der Waals surface area contributed by atoms with Crippen LogP contribution in [0.25, 0.3) is 11.2 Å². The van der Waals surface area contributed by atoms with E-state index in [0.29, 0.717) is 47.4 Å². The molecule has 1 aliphatic rings. The smallest absolute Gasteiger partial charge is 0.265 e. The average Bonchev–Trinajstić information content (AvgIpc) is 3.25. The standard InChI is InChI=1S/C23H20F2N4O4/c1-30-17-5-13(10-29-12-28-16-7-15(22(24)25)9-27-23(16)29)6-18-21(17)33-19(11-32-18)14-3-4-20(31-2)26-8-14/h3-9,12,19,22H,10-11H2,1-2H3/t19-/m0/s1. The quantitative estimate of drug-likeness (QED) is 0.429. The van der Waals surface area contributed by atoms with Gasteiger partial charge in [-0.05, 0) is 29.8 Å². The van der Waals surface area contributed by atoms with Gasteiger partial charge in [-0.1, -0.05) is 0 Å². The Morgan fingerprint density at radius 2 is 1.97 bits per heavy atom. The van der Waals surface area contributed by atoms with Crippen molar-refractivity contribution in [3.8, 4) is 23.1 Å². The van der Waals surface area contributed by atoms with E-state index in [1.54, 1.807) is 37.4 Å². The van der Waals surface area contributed by atoms with Crippen molar-refractivity contribution in [2.75, 3.05) is 20.8 Å². The maximum absolute atomic E-state index is 12.9. The van der Waals surface area contributed by atoms with Crippen LogP contribution in [0.2, 0.25) is 0 Å². The third kappa shape index (κ3) is 3.99. The van der Waals surface area contributed by atoms with Gasteiger partial charge in [0.25, 0.3) is 6.43 Å². The molecule has 1 atom stereocenters. The van der Waals surface area contributed by atoms with Crippen molar-refractivity contribution < 1.29 is 27.7 Å². The molecular formula is C23H20F2N4O4. The summed E-state index contributed by atoms with van der Waals surface area (Å²) in [7, 11) is 3.12. The molecule has 4 heterocycles. The van der Waals surface area contributed by atoms with E-state index in [2.05, 4.69) is 15.0 Å². The van der Waals surface area contributed by atoms with Crippen LogP contribution in [0.5, 0.6) is 23.1 Å². The highest BCUT2D eigenvalue weighted by atomic mass is 19.3. The van der Waals surface area contributed by atoms with Gasteiger partial charge < -0.3 is 23.5 Å². The fourth-order valence-corrected chi connectivity index (χ4v) is 3.70. The Balaban J connectivity index is 1.41. The van der Waals surface area contributed by atoms with Crippen LogP contribution < -0.4 is 18.9 Å². The normalized spacial score (nSPS) is 15.1. The predicted molar refractivity (Wildman–Crippen MR) is 114 cm³/mol. The van der Waals surface area contributed by atoms with Gasteiger partial charge in [0, 0.05) is 29.6 Å². The fourth-order valence-electron chi connectivity index (χ4n) is 3.70. The number of pyridine rings is 2. The van der Waals surface area contributed by atoms with E-state index in [1.807, 2.05) is 18.2 Å².